The van der Waals surface area contributed by atoms with Gasteiger partial charge in [0.25, 0.3) is 0 Å². The van der Waals surface area contributed by atoms with Crippen molar-refractivity contribution >= 4 is 21.8 Å². The normalized spacial score (nSPS) is 16.6. The summed E-state index contributed by atoms with van der Waals surface area (Å²) in [6, 6.07) is 7.48. The van der Waals surface area contributed by atoms with E-state index < -0.39 is 45.3 Å². The lowest BCUT2D eigenvalue weighted by molar-refractivity contribution is -0.139. The van der Waals surface area contributed by atoms with Gasteiger partial charge in [-0.15, -0.1) is 0 Å². The van der Waals surface area contributed by atoms with Gasteiger partial charge in [0.05, 0.1) is 28.9 Å². The zero-order valence-corrected chi connectivity index (χ0v) is 16.6. The number of amides is 2. The van der Waals surface area contributed by atoms with E-state index in [1.54, 1.807) is 6.92 Å². The molecule has 0 aliphatic carbocycles. The van der Waals surface area contributed by atoms with E-state index in [0.29, 0.717) is 0 Å². The van der Waals surface area contributed by atoms with Crippen molar-refractivity contribution in [2.24, 2.45) is 0 Å². The molecule has 0 saturated carbocycles. The van der Waals surface area contributed by atoms with Crippen LogP contribution < -0.4 is 10.6 Å². The molecule has 3 rings (SSSR count). The molecule has 2 aromatic rings. The molecule has 1 aliphatic heterocycles. The van der Waals surface area contributed by atoms with Crippen LogP contribution in [0.2, 0.25) is 0 Å². The number of urea groups is 1. The SMILES string of the molecule is CCOC(=O)C1=C(CS(=O)(=O)c2ccc(F)cc2)NC(=O)NC1c1cccc(F)c1. The summed E-state index contributed by atoms with van der Waals surface area (Å²) >= 11 is 0. The van der Waals surface area contributed by atoms with E-state index in [2.05, 4.69) is 10.6 Å². The molecule has 0 fully saturated rings. The summed E-state index contributed by atoms with van der Waals surface area (Å²) in [5, 5.41) is 4.83. The van der Waals surface area contributed by atoms with Crippen LogP contribution in [-0.2, 0) is 19.4 Å². The maximum absolute atomic E-state index is 13.7. The predicted molar refractivity (Wildman–Crippen MR) is 103 cm³/mol. The quantitative estimate of drug-likeness (QED) is 0.536. The summed E-state index contributed by atoms with van der Waals surface area (Å²) < 4.78 is 57.5. The van der Waals surface area contributed by atoms with Gasteiger partial charge in [0, 0.05) is 5.70 Å². The van der Waals surface area contributed by atoms with Crippen molar-refractivity contribution in [3.63, 3.8) is 0 Å². The van der Waals surface area contributed by atoms with Gasteiger partial charge < -0.3 is 15.4 Å². The zero-order valence-electron chi connectivity index (χ0n) is 15.8. The van der Waals surface area contributed by atoms with Gasteiger partial charge in [-0.3, -0.25) is 0 Å². The molecule has 0 spiro atoms. The van der Waals surface area contributed by atoms with Gasteiger partial charge in [-0.2, -0.15) is 0 Å². The number of hydrogen-bond donors (Lipinski definition) is 2. The van der Waals surface area contributed by atoms with Gasteiger partial charge in [-0.1, -0.05) is 12.1 Å². The van der Waals surface area contributed by atoms with E-state index in [1.807, 2.05) is 0 Å². The average molecular weight is 436 g/mol. The summed E-state index contributed by atoms with van der Waals surface area (Å²) in [5.74, 6) is -2.80. The van der Waals surface area contributed by atoms with E-state index in [4.69, 9.17) is 4.74 Å². The highest BCUT2D eigenvalue weighted by Gasteiger charge is 2.35. The zero-order chi connectivity index (χ0) is 21.9. The second-order valence-electron chi connectivity index (χ2n) is 6.41. The first-order valence-corrected chi connectivity index (χ1v) is 10.6. The number of benzene rings is 2. The van der Waals surface area contributed by atoms with Gasteiger partial charge in [0.1, 0.15) is 11.6 Å². The molecule has 1 heterocycles. The summed E-state index contributed by atoms with van der Waals surface area (Å²) in [7, 11) is -4.04. The van der Waals surface area contributed by atoms with Crippen LogP contribution in [0.3, 0.4) is 0 Å². The third kappa shape index (κ3) is 4.65. The van der Waals surface area contributed by atoms with E-state index >= 15 is 0 Å². The first-order valence-electron chi connectivity index (χ1n) is 8.92. The molecule has 0 bridgehead atoms. The molecule has 7 nitrogen and oxygen atoms in total. The Hall–Kier alpha value is -3.27. The molecule has 30 heavy (non-hydrogen) atoms. The average Bonchev–Trinajstić information content (AvgIpc) is 2.67. The Kier molecular flexibility index (Phi) is 6.16. The molecule has 0 aromatic heterocycles. The minimum atomic E-state index is -4.04. The minimum absolute atomic E-state index is 0.00411. The van der Waals surface area contributed by atoms with Crippen molar-refractivity contribution < 1.29 is 31.5 Å². The highest BCUT2D eigenvalue weighted by atomic mass is 32.2. The van der Waals surface area contributed by atoms with Crippen LogP contribution in [0.25, 0.3) is 0 Å². The Morgan fingerprint density at radius 2 is 1.80 bits per heavy atom. The maximum atomic E-state index is 13.7. The summed E-state index contributed by atoms with van der Waals surface area (Å²) in [4.78, 5) is 24.6. The van der Waals surface area contributed by atoms with Crippen molar-refractivity contribution in [3.8, 4) is 0 Å². The highest BCUT2D eigenvalue weighted by Crippen LogP contribution is 2.29. The summed E-state index contributed by atoms with van der Waals surface area (Å²) in [6.07, 6.45) is 0. The van der Waals surface area contributed by atoms with Crippen LogP contribution in [0.4, 0.5) is 13.6 Å². The van der Waals surface area contributed by atoms with Gasteiger partial charge in [-0.05, 0) is 48.9 Å². The lowest BCUT2D eigenvalue weighted by Gasteiger charge is -2.29. The molecular weight excluding hydrogens is 418 g/mol. The Morgan fingerprint density at radius 1 is 1.10 bits per heavy atom. The fourth-order valence-electron chi connectivity index (χ4n) is 3.03. The second kappa shape index (κ2) is 8.62. The van der Waals surface area contributed by atoms with Crippen molar-refractivity contribution in [2.75, 3.05) is 12.4 Å². The predicted octanol–water partition coefficient (Wildman–Crippen LogP) is 2.61. The van der Waals surface area contributed by atoms with Gasteiger partial charge in [0.15, 0.2) is 9.84 Å². The molecule has 2 N–H and O–H groups in total. The van der Waals surface area contributed by atoms with Gasteiger partial charge >= 0.3 is 12.0 Å². The van der Waals surface area contributed by atoms with Crippen molar-refractivity contribution in [1.29, 1.82) is 0 Å². The number of carbonyl (C=O) groups is 2. The van der Waals surface area contributed by atoms with Crippen LogP contribution in [0.1, 0.15) is 18.5 Å². The number of hydrogen-bond acceptors (Lipinski definition) is 5. The van der Waals surface area contributed by atoms with Crippen LogP contribution in [0.5, 0.6) is 0 Å². The number of nitrogens with one attached hydrogen (secondary N) is 2. The number of halogens is 2. The smallest absolute Gasteiger partial charge is 0.338 e. The fraction of sp³-hybridized carbons (Fsp3) is 0.200. The van der Waals surface area contributed by atoms with Gasteiger partial charge in [0.2, 0.25) is 0 Å². The first kappa shape index (κ1) is 21.4. The number of rotatable bonds is 6. The Balaban J connectivity index is 2.10. The van der Waals surface area contributed by atoms with Gasteiger partial charge in [-0.25, -0.2) is 26.8 Å². The molecule has 10 heteroatoms. The lowest BCUT2D eigenvalue weighted by atomic mass is 9.95. The largest absolute Gasteiger partial charge is 0.463 e. The molecule has 1 aliphatic rings. The Morgan fingerprint density at radius 3 is 2.43 bits per heavy atom. The molecule has 1 atom stereocenters. The van der Waals surface area contributed by atoms with Crippen molar-refractivity contribution in [2.45, 2.75) is 17.9 Å². The highest BCUT2D eigenvalue weighted by molar-refractivity contribution is 7.91. The Labute approximate surface area is 171 Å². The number of ether oxygens (including phenoxy) is 1. The first-order chi connectivity index (χ1) is 14.2. The third-order valence-electron chi connectivity index (χ3n) is 4.34. The molecule has 158 valence electrons. The number of esters is 1. The van der Waals surface area contributed by atoms with Crippen LogP contribution in [0, 0.1) is 11.6 Å². The van der Waals surface area contributed by atoms with E-state index in [9.17, 15) is 26.8 Å². The topological polar surface area (TPSA) is 102 Å². The second-order valence-corrected chi connectivity index (χ2v) is 8.40. The molecule has 0 radical (unpaired) electrons. The molecule has 2 amide bonds. The molecular formula is C20H18F2N2O5S. The number of sulfone groups is 1. The van der Waals surface area contributed by atoms with Crippen LogP contribution in [-0.4, -0.2) is 32.8 Å². The van der Waals surface area contributed by atoms with E-state index in [-0.39, 0.29) is 28.3 Å². The standard InChI is InChI=1S/C20H18F2N2O5S/c1-2-29-19(25)17-16(11-30(27,28)15-8-6-13(21)7-9-15)23-20(26)24-18(17)12-4-3-5-14(22)10-12/h3-10,18H,2,11H2,1H3,(H2,23,24,26). The fourth-order valence-corrected chi connectivity index (χ4v) is 4.36. The molecule has 2 aromatic carbocycles. The summed E-state index contributed by atoms with van der Waals surface area (Å²) in [5.41, 5.74) is -0.117. The maximum Gasteiger partial charge on any atom is 0.338 e. The van der Waals surface area contributed by atoms with E-state index in [0.717, 1.165) is 30.3 Å². The molecule has 1 unspecified atom stereocenters. The van der Waals surface area contributed by atoms with Crippen LogP contribution >= 0.6 is 0 Å². The van der Waals surface area contributed by atoms with Crippen LogP contribution in [0.15, 0.2) is 64.7 Å². The summed E-state index contributed by atoms with van der Waals surface area (Å²) in [6.45, 7) is 1.57. The number of carbonyl (C=O) groups excluding carboxylic acids is 2. The third-order valence-corrected chi connectivity index (χ3v) is 6.00. The molecule has 0 saturated heterocycles. The lowest BCUT2D eigenvalue weighted by Crippen LogP contribution is -2.47. The minimum Gasteiger partial charge on any atom is -0.463 e. The van der Waals surface area contributed by atoms with E-state index in [1.165, 1.54) is 18.2 Å². The van der Waals surface area contributed by atoms with Crippen molar-refractivity contribution in [1.82, 2.24) is 10.6 Å². The monoisotopic (exact) mass is 436 g/mol. The Bertz CT molecular complexity index is 1110. The van der Waals surface area contributed by atoms with Crippen molar-refractivity contribution in [3.05, 3.63) is 77.0 Å².